The monoisotopic (exact) mass is 325 g/mol. The number of hydrogen-bond acceptors (Lipinski definition) is 3. The maximum Gasteiger partial charge on any atom is 0.256 e. The Hall–Kier alpha value is -1.26. The summed E-state index contributed by atoms with van der Waals surface area (Å²) in [6.45, 7) is 2.46. The van der Waals surface area contributed by atoms with Crippen LogP contribution in [0.2, 0.25) is 5.02 Å². The zero-order chi connectivity index (χ0) is 16.0. The van der Waals surface area contributed by atoms with E-state index in [-0.39, 0.29) is 5.91 Å². The molecule has 0 heterocycles. The molecule has 2 rings (SSSR count). The molecule has 1 N–H and O–H groups in total. The van der Waals surface area contributed by atoms with Gasteiger partial charge in [-0.25, -0.2) is 0 Å². The Labute approximate surface area is 137 Å². The molecule has 0 bridgehead atoms. The van der Waals surface area contributed by atoms with Gasteiger partial charge in [0.15, 0.2) is 0 Å². The Balaban J connectivity index is 2.11. The predicted molar refractivity (Wildman–Crippen MR) is 88.7 cm³/mol. The van der Waals surface area contributed by atoms with Crippen molar-refractivity contribution in [3.8, 4) is 5.75 Å². The highest BCUT2D eigenvalue weighted by Gasteiger charge is 2.38. The molecule has 1 aromatic carbocycles. The molecule has 1 aliphatic rings. The number of anilines is 1. The summed E-state index contributed by atoms with van der Waals surface area (Å²) in [7, 11) is 1.62. The smallest absolute Gasteiger partial charge is 0.256 e. The van der Waals surface area contributed by atoms with Crippen LogP contribution in [0, 0.1) is 0 Å². The molecule has 122 valence electrons. The lowest BCUT2D eigenvalue weighted by atomic mass is 9.93. The van der Waals surface area contributed by atoms with Crippen LogP contribution >= 0.6 is 11.6 Å². The predicted octanol–water partition coefficient (Wildman–Crippen LogP) is 4.42. The first-order valence-electron chi connectivity index (χ1n) is 7.90. The zero-order valence-electron chi connectivity index (χ0n) is 13.3. The topological polar surface area (TPSA) is 47.6 Å². The quantitative estimate of drug-likeness (QED) is 0.815. The molecule has 1 amide bonds. The van der Waals surface area contributed by atoms with Crippen molar-refractivity contribution in [3.05, 3.63) is 23.2 Å². The highest BCUT2D eigenvalue weighted by atomic mass is 35.5. The number of halogens is 1. The van der Waals surface area contributed by atoms with Crippen molar-refractivity contribution >= 4 is 23.2 Å². The van der Waals surface area contributed by atoms with Crippen LogP contribution in [0.5, 0.6) is 5.75 Å². The number of amides is 1. The summed E-state index contributed by atoms with van der Waals surface area (Å²) in [4.78, 5) is 12.7. The maximum atomic E-state index is 12.7. The fraction of sp³-hybridized carbons (Fsp3) is 0.588. The summed E-state index contributed by atoms with van der Waals surface area (Å²) >= 11 is 6.16. The normalized spacial score (nSPS) is 17.6. The molecule has 1 aliphatic carbocycles. The maximum absolute atomic E-state index is 12.7. The van der Waals surface area contributed by atoms with Gasteiger partial charge in [0, 0.05) is 12.8 Å². The number of carbonyl (C=O) groups is 1. The molecule has 0 saturated heterocycles. The van der Waals surface area contributed by atoms with E-state index in [1.807, 2.05) is 6.92 Å². The molecule has 0 atom stereocenters. The van der Waals surface area contributed by atoms with E-state index in [1.54, 1.807) is 25.3 Å². The van der Waals surface area contributed by atoms with E-state index >= 15 is 0 Å². The van der Waals surface area contributed by atoms with E-state index in [2.05, 4.69) is 5.32 Å². The lowest BCUT2D eigenvalue weighted by Gasteiger charge is -2.29. The third-order valence-corrected chi connectivity index (χ3v) is 4.50. The Morgan fingerprint density at radius 3 is 2.50 bits per heavy atom. The van der Waals surface area contributed by atoms with Crippen LogP contribution in [0.1, 0.15) is 45.4 Å². The lowest BCUT2D eigenvalue weighted by molar-refractivity contribution is -0.139. The summed E-state index contributed by atoms with van der Waals surface area (Å²) in [5.74, 6) is 0.537. The van der Waals surface area contributed by atoms with Gasteiger partial charge in [-0.3, -0.25) is 4.79 Å². The van der Waals surface area contributed by atoms with Crippen LogP contribution in [0.15, 0.2) is 18.2 Å². The second-order valence-corrected chi connectivity index (χ2v) is 6.05. The molecule has 1 aromatic rings. The summed E-state index contributed by atoms with van der Waals surface area (Å²) in [5, 5.41) is 3.43. The number of benzene rings is 1. The summed E-state index contributed by atoms with van der Waals surface area (Å²) < 4.78 is 11.0. The van der Waals surface area contributed by atoms with E-state index in [0.29, 0.717) is 23.1 Å². The van der Waals surface area contributed by atoms with Crippen molar-refractivity contribution in [2.45, 2.75) is 51.0 Å². The van der Waals surface area contributed by atoms with Gasteiger partial charge in [0.05, 0.1) is 11.6 Å². The van der Waals surface area contributed by atoms with Crippen molar-refractivity contribution < 1.29 is 14.3 Å². The van der Waals surface area contributed by atoms with Crippen molar-refractivity contribution in [2.24, 2.45) is 0 Å². The van der Waals surface area contributed by atoms with Gasteiger partial charge in [-0.1, -0.05) is 37.3 Å². The van der Waals surface area contributed by atoms with Crippen molar-refractivity contribution in [1.29, 1.82) is 0 Å². The Kier molecular flexibility index (Phi) is 6.09. The third-order valence-electron chi connectivity index (χ3n) is 4.21. The Morgan fingerprint density at radius 2 is 1.95 bits per heavy atom. The molecule has 22 heavy (non-hydrogen) atoms. The second-order valence-electron chi connectivity index (χ2n) is 5.64. The fourth-order valence-corrected chi connectivity index (χ4v) is 3.15. The number of rotatable bonds is 5. The second kappa shape index (κ2) is 7.84. The highest BCUT2D eigenvalue weighted by Crippen LogP contribution is 2.32. The summed E-state index contributed by atoms with van der Waals surface area (Å²) in [6.07, 6.45) is 5.89. The SMILES string of the molecule is CCOc1ccc(NC(=O)C2(OC)CCCCCC2)cc1Cl. The average molecular weight is 326 g/mol. The molecular formula is C17H24ClNO3. The third kappa shape index (κ3) is 3.93. The lowest BCUT2D eigenvalue weighted by Crippen LogP contribution is -2.44. The number of nitrogens with one attached hydrogen (secondary N) is 1. The number of ether oxygens (including phenoxy) is 2. The summed E-state index contributed by atoms with van der Waals surface area (Å²) in [6, 6.07) is 5.29. The van der Waals surface area contributed by atoms with Gasteiger partial charge < -0.3 is 14.8 Å². The first kappa shape index (κ1) is 17.1. The number of hydrogen-bond donors (Lipinski definition) is 1. The largest absolute Gasteiger partial charge is 0.492 e. The number of methoxy groups -OCH3 is 1. The van der Waals surface area contributed by atoms with Gasteiger partial charge in [0.25, 0.3) is 5.91 Å². The first-order valence-corrected chi connectivity index (χ1v) is 8.28. The first-order chi connectivity index (χ1) is 10.6. The molecule has 1 fully saturated rings. The van der Waals surface area contributed by atoms with Crippen LogP contribution in [-0.4, -0.2) is 25.2 Å². The Morgan fingerprint density at radius 1 is 1.27 bits per heavy atom. The highest BCUT2D eigenvalue weighted by molar-refractivity contribution is 6.32. The molecule has 0 radical (unpaired) electrons. The Bertz CT molecular complexity index is 511. The van der Waals surface area contributed by atoms with Gasteiger partial charge in [-0.15, -0.1) is 0 Å². The fourth-order valence-electron chi connectivity index (χ4n) is 2.92. The minimum Gasteiger partial charge on any atom is -0.492 e. The van der Waals surface area contributed by atoms with Gasteiger partial charge in [0.1, 0.15) is 11.4 Å². The van der Waals surface area contributed by atoms with Gasteiger partial charge >= 0.3 is 0 Å². The van der Waals surface area contributed by atoms with Crippen molar-refractivity contribution in [3.63, 3.8) is 0 Å². The van der Waals surface area contributed by atoms with E-state index < -0.39 is 5.60 Å². The standard InChI is InChI=1S/C17H24ClNO3/c1-3-22-15-9-8-13(12-14(15)18)19-16(20)17(21-2)10-6-4-5-7-11-17/h8-9,12H,3-7,10-11H2,1-2H3,(H,19,20). The zero-order valence-corrected chi connectivity index (χ0v) is 14.0. The summed E-state index contributed by atoms with van der Waals surface area (Å²) in [5.41, 5.74) is -0.0548. The van der Waals surface area contributed by atoms with Crippen molar-refractivity contribution in [1.82, 2.24) is 0 Å². The van der Waals surface area contributed by atoms with Crippen LogP contribution in [0.3, 0.4) is 0 Å². The molecular weight excluding hydrogens is 302 g/mol. The van der Waals surface area contributed by atoms with E-state index in [0.717, 1.165) is 38.5 Å². The molecule has 4 nitrogen and oxygen atoms in total. The molecule has 0 unspecified atom stereocenters. The van der Waals surface area contributed by atoms with Crippen molar-refractivity contribution in [2.75, 3.05) is 19.0 Å². The van der Waals surface area contributed by atoms with Gasteiger partial charge in [-0.2, -0.15) is 0 Å². The molecule has 1 saturated carbocycles. The number of carbonyl (C=O) groups excluding carboxylic acids is 1. The minimum atomic E-state index is -0.721. The van der Waals surface area contributed by atoms with Crippen LogP contribution < -0.4 is 10.1 Å². The van der Waals surface area contributed by atoms with Crippen LogP contribution in [0.25, 0.3) is 0 Å². The van der Waals surface area contributed by atoms with Crippen LogP contribution in [-0.2, 0) is 9.53 Å². The van der Waals surface area contributed by atoms with E-state index in [9.17, 15) is 4.79 Å². The molecule has 0 aliphatic heterocycles. The van der Waals surface area contributed by atoms with Gasteiger partial charge in [0.2, 0.25) is 0 Å². The average Bonchev–Trinajstić information content (AvgIpc) is 2.76. The van der Waals surface area contributed by atoms with Crippen LogP contribution in [0.4, 0.5) is 5.69 Å². The molecule has 0 spiro atoms. The molecule has 5 heteroatoms. The van der Waals surface area contributed by atoms with Gasteiger partial charge in [-0.05, 0) is 38.0 Å². The molecule has 0 aromatic heterocycles. The van der Waals surface area contributed by atoms with E-state index in [1.165, 1.54) is 0 Å². The van der Waals surface area contributed by atoms with E-state index in [4.69, 9.17) is 21.1 Å². The minimum absolute atomic E-state index is 0.0860.